The molecule has 2 aromatic heterocycles. The highest BCUT2D eigenvalue weighted by Crippen LogP contribution is 2.29. The molecular weight excluding hydrogens is 294 g/mol. The molecular formula is C16H15N5O2. The molecule has 0 saturated heterocycles. The van der Waals surface area contributed by atoms with Gasteiger partial charge in [0.05, 0.1) is 11.3 Å². The summed E-state index contributed by atoms with van der Waals surface area (Å²) in [4.78, 5) is 10.9. The maximum absolute atomic E-state index is 5.95. The van der Waals surface area contributed by atoms with E-state index in [0.29, 0.717) is 17.5 Å². The number of aromatic nitrogens is 4. The highest BCUT2D eigenvalue weighted by atomic mass is 16.5. The average molecular weight is 309 g/mol. The SMILES string of the molecule is CN1CCc2ncnc(Oc3ccc(-c4nnco4)cc3)c2C1. The van der Waals surface area contributed by atoms with Crippen LogP contribution in [0.3, 0.4) is 0 Å². The van der Waals surface area contributed by atoms with Crippen LogP contribution < -0.4 is 4.74 Å². The summed E-state index contributed by atoms with van der Waals surface area (Å²) < 4.78 is 11.1. The number of likely N-dealkylation sites (N-methyl/N-ethyl adjacent to an activating group) is 1. The average Bonchev–Trinajstić information content (AvgIpc) is 3.11. The molecule has 3 heterocycles. The first-order chi connectivity index (χ1) is 11.3. The third-order valence-electron chi connectivity index (χ3n) is 3.83. The second kappa shape index (κ2) is 5.77. The number of rotatable bonds is 3. The van der Waals surface area contributed by atoms with Gasteiger partial charge in [-0.05, 0) is 31.3 Å². The Morgan fingerprint density at radius 1 is 1.17 bits per heavy atom. The van der Waals surface area contributed by atoms with Crippen molar-refractivity contribution in [2.75, 3.05) is 13.6 Å². The van der Waals surface area contributed by atoms with Gasteiger partial charge in [0, 0.05) is 25.1 Å². The predicted octanol–water partition coefficient (Wildman–Crippen LogP) is 2.31. The minimum atomic E-state index is 0.484. The Hall–Kier alpha value is -2.80. The molecule has 1 aliphatic heterocycles. The van der Waals surface area contributed by atoms with Gasteiger partial charge in [-0.1, -0.05) is 0 Å². The molecule has 0 bridgehead atoms. The molecule has 0 atom stereocenters. The van der Waals surface area contributed by atoms with Gasteiger partial charge >= 0.3 is 0 Å². The van der Waals surface area contributed by atoms with E-state index in [-0.39, 0.29) is 0 Å². The minimum absolute atomic E-state index is 0.484. The Labute approximate surface area is 133 Å². The lowest BCUT2D eigenvalue weighted by atomic mass is 10.1. The maximum Gasteiger partial charge on any atom is 0.247 e. The summed E-state index contributed by atoms with van der Waals surface area (Å²) in [6.07, 6.45) is 3.79. The van der Waals surface area contributed by atoms with Crippen LogP contribution in [0.25, 0.3) is 11.5 Å². The molecule has 7 heteroatoms. The molecule has 116 valence electrons. The lowest BCUT2D eigenvalue weighted by Gasteiger charge is -2.25. The lowest BCUT2D eigenvalue weighted by molar-refractivity contribution is 0.300. The van der Waals surface area contributed by atoms with Gasteiger partial charge in [0.15, 0.2) is 0 Å². The maximum atomic E-state index is 5.95. The van der Waals surface area contributed by atoms with Crippen molar-refractivity contribution in [2.45, 2.75) is 13.0 Å². The van der Waals surface area contributed by atoms with Crippen molar-refractivity contribution in [1.29, 1.82) is 0 Å². The molecule has 0 aliphatic carbocycles. The first kappa shape index (κ1) is 13.8. The van der Waals surface area contributed by atoms with Crippen LogP contribution in [0.1, 0.15) is 11.3 Å². The van der Waals surface area contributed by atoms with Crippen LogP contribution in [0.5, 0.6) is 11.6 Å². The summed E-state index contributed by atoms with van der Waals surface area (Å²) in [5.74, 6) is 1.81. The van der Waals surface area contributed by atoms with E-state index >= 15 is 0 Å². The van der Waals surface area contributed by atoms with E-state index < -0.39 is 0 Å². The largest absolute Gasteiger partial charge is 0.439 e. The molecule has 0 saturated carbocycles. The van der Waals surface area contributed by atoms with Crippen LogP contribution in [-0.4, -0.2) is 38.7 Å². The van der Waals surface area contributed by atoms with Crippen molar-refractivity contribution in [2.24, 2.45) is 0 Å². The normalized spacial score (nSPS) is 14.5. The van der Waals surface area contributed by atoms with Gasteiger partial charge in [0.2, 0.25) is 18.2 Å². The van der Waals surface area contributed by atoms with Gasteiger partial charge in [0.25, 0.3) is 0 Å². The van der Waals surface area contributed by atoms with E-state index in [2.05, 4.69) is 32.1 Å². The fraction of sp³-hybridized carbons (Fsp3) is 0.250. The van der Waals surface area contributed by atoms with Gasteiger partial charge in [-0.25, -0.2) is 9.97 Å². The molecule has 0 N–H and O–H groups in total. The van der Waals surface area contributed by atoms with E-state index in [0.717, 1.165) is 36.3 Å². The Bertz CT molecular complexity index is 802. The van der Waals surface area contributed by atoms with Crippen LogP contribution in [0, 0.1) is 0 Å². The quantitative estimate of drug-likeness (QED) is 0.734. The second-order valence-electron chi connectivity index (χ2n) is 5.46. The van der Waals surface area contributed by atoms with E-state index in [1.54, 1.807) is 6.33 Å². The molecule has 0 unspecified atom stereocenters. The molecule has 1 aromatic carbocycles. The third-order valence-corrected chi connectivity index (χ3v) is 3.83. The molecule has 1 aliphatic rings. The lowest BCUT2D eigenvalue weighted by Crippen LogP contribution is -2.27. The molecule has 7 nitrogen and oxygen atoms in total. The van der Waals surface area contributed by atoms with Crippen LogP contribution in [0.15, 0.2) is 41.4 Å². The molecule has 3 aromatic rings. The predicted molar refractivity (Wildman–Crippen MR) is 81.9 cm³/mol. The van der Waals surface area contributed by atoms with E-state index in [9.17, 15) is 0 Å². The van der Waals surface area contributed by atoms with Gasteiger partial charge in [-0.2, -0.15) is 0 Å². The number of fused-ring (bicyclic) bond motifs is 1. The first-order valence-corrected chi connectivity index (χ1v) is 7.35. The van der Waals surface area contributed by atoms with Crippen molar-refractivity contribution in [3.63, 3.8) is 0 Å². The van der Waals surface area contributed by atoms with E-state index in [1.807, 2.05) is 24.3 Å². The summed E-state index contributed by atoms with van der Waals surface area (Å²) in [5.41, 5.74) is 2.97. The molecule has 0 fully saturated rings. The van der Waals surface area contributed by atoms with E-state index in [1.165, 1.54) is 6.39 Å². The zero-order valence-electron chi connectivity index (χ0n) is 12.6. The van der Waals surface area contributed by atoms with Crippen LogP contribution in [0.4, 0.5) is 0 Å². The van der Waals surface area contributed by atoms with Crippen molar-refractivity contribution in [3.05, 3.63) is 48.2 Å². The van der Waals surface area contributed by atoms with Crippen molar-refractivity contribution in [1.82, 2.24) is 25.1 Å². The van der Waals surface area contributed by atoms with Gasteiger partial charge < -0.3 is 14.1 Å². The smallest absolute Gasteiger partial charge is 0.247 e. The molecule has 0 amide bonds. The van der Waals surface area contributed by atoms with Crippen molar-refractivity contribution in [3.8, 4) is 23.1 Å². The highest BCUT2D eigenvalue weighted by molar-refractivity contribution is 5.54. The zero-order chi connectivity index (χ0) is 15.6. The number of hydrogen-bond acceptors (Lipinski definition) is 7. The monoisotopic (exact) mass is 309 g/mol. The Morgan fingerprint density at radius 3 is 2.83 bits per heavy atom. The fourth-order valence-corrected chi connectivity index (χ4v) is 2.61. The summed E-state index contributed by atoms with van der Waals surface area (Å²) in [6, 6.07) is 7.48. The van der Waals surface area contributed by atoms with Gasteiger partial charge in [-0.3, -0.25) is 0 Å². The number of benzene rings is 1. The Morgan fingerprint density at radius 2 is 2.04 bits per heavy atom. The van der Waals surface area contributed by atoms with Gasteiger partial charge in [-0.15, -0.1) is 10.2 Å². The van der Waals surface area contributed by atoms with E-state index in [4.69, 9.17) is 9.15 Å². The van der Waals surface area contributed by atoms with Gasteiger partial charge in [0.1, 0.15) is 12.1 Å². The van der Waals surface area contributed by atoms with Crippen molar-refractivity contribution >= 4 is 0 Å². The topological polar surface area (TPSA) is 77.2 Å². The molecule has 0 radical (unpaired) electrons. The minimum Gasteiger partial charge on any atom is -0.439 e. The third kappa shape index (κ3) is 2.78. The van der Waals surface area contributed by atoms with Crippen LogP contribution in [-0.2, 0) is 13.0 Å². The number of nitrogens with zero attached hydrogens (tertiary/aromatic N) is 5. The zero-order valence-corrected chi connectivity index (χ0v) is 12.6. The first-order valence-electron chi connectivity index (χ1n) is 7.35. The molecule has 4 rings (SSSR count). The molecule has 0 spiro atoms. The second-order valence-corrected chi connectivity index (χ2v) is 5.46. The Kier molecular flexibility index (Phi) is 3.47. The highest BCUT2D eigenvalue weighted by Gasteiger charge is 2.20. The van der Waals surface area contributed by atoms with Crippen molar-refractivity contribution < 1.29 is 9.15 Å². The molecule has 23 heavy (non-hydrogen) atoms. The Balaban J connectivity index is 1.59. The standard InChI is InChI=1S/C16H15N5O2/c1-21-7-6-14-13(8-21)16(18-9-17-14)23-12-4-2-11(3-5-12)15-20-19-10-22-15/h2-5,9-10H,6-8H2,1H3. The summed E-state index contributed by atoms with van der Waals surface area (Å²) in [7, 11) is 2.08. The van der Waals surface area contributed by atoms with Crippen LogP contribution in [0.2, 0.25) is 0 Å². The number of ether oxygens (including phenoxy) is 1. The fourth-order valence-electron chi connectivity index (χ4n) is 2.61. The summed E-state index contributed by atoms with van der Waals surface area (Å²) in [6.45, 7) is 1.80. The number of hydrogen-bond donors (Lipinski definition) is 0. The summed E-state index contributed by atoms with van der Waals surface area (Å²) in [5, 5.41) is 7.56. The van der Waals surface area contributed by atoms with Crippen LogP contribution >= 0.6 is 0 Å². The summed E-state index contributed by atoms with van der Waals surface area (Å²) >= 11 is 0.